The van der Waals surface area contributed by atoms with Gasteiger partial charge in [0, 0.05) is 31.1 Å². The highest BCUT2D eigenvalue weighted by Gasteiger charge is 2.17. The summed E-state index contributed by atoms with van der Waals surface area (Å²) in [7, 11) is 0. The fourth-order valence-corrected chi connectivity index (χ4v) is 3.13. The Morgan fingerprint density at radius 3 is 3.05 bits per heavy atom. The standard InChI is InChI=1S/C14H21N3OS/c1-2-16-14(18)12-5-4-11(15)10-13(12)17-6-3-8-19-9-7-17/h4-5,10H,2-3,6-9,15H2,1H3,(H,16,18). The first-order valence-corrected chi connectivity index (χ1v) is 7.88. The van der Waals surface area contributed by atoms with Crippen molar-refractivity contribution in [2.45, 2.75) is 13.3 Å². The largest absolute Gasteiger partial charge is 0.399 e. The highest BCUT2D eigenvalue weighted by Crippen LogP contribution is 2.26. The summed E-state index contributed by atoms with van der Waals surface area (Å²) in [5.74, 6) is 2.27. The van der Waals surface area contributed by atoms with Crippen LogP contribution < -0.4 is 16.0 Å². The van der Waals surface area contributed by atoms with E-state index in [1.54, 1.807) is 6.07 Å². The van der Waals surface area contributed by atoms with Crippen LogP contribution in [0.2, 0.25) is 0 Å². The number of nitrogens with one attached hydrogen (secondary N) is 1. The number of hydrogen-bond acceptors (Lipinski definition) is 4. The lowest BCUT2D eigenvalue weighted by molar-refractivity contribution is 0.0956. The van der Waals surface area contributed by atoms with Crippen molar-refractivity contribution in [2.24, 2.45) is 0 Å². The second-order valence-electron chi connectivity index (χ2n) is 4.59. The van der Waals surface area contributed by atoms with Crippen molar-refractivity contribution in [3.63, 3.8) is 0 Å². The van der Waals surface area contributed by atoms with Gasteiger partial charge in [-0.25, -0.2) is 0 Å². The number of nitrogens with zero attached hydrogens (tertiary/aromatic N) is 1. The molecule has 1 amide bonds. The first kappa shape index (κ1) is 14.1. The smallest absolute Gasteiger partial charge is 0.253 e. The Bertz CT molecular complexity index is 442. The molecule has 104 valence electrons. The normalized spacial score (nSPS) is 15.9. The quantitative estimate of drug-likeness (QED) is 0.831. The molecule has 0 bridgehead atoms. The minimum Gasteiger partial charge on any atom is -0.399 e. The van der Waals surface area contributed by atoms with Crippen molar-refractivity contribution in [1.29, 1.82) is 0 Å². The van der Waals surface area contributed by atoms with E-state index in [2.05, 4.69) is 10.2 Å². The van der Waals surface area contributed by atoms with E-state index in [1.165, 1.54) is 5.75 Å². The molecule has 0 radical (unpaired) electrons. The first-order valence-electron chi connectivity index (χ1n) is 6.72. The Balaban J connectivity index is 2.30. The molecule has 1 saturated heterocycles. The molecule has 1 heterocycles. The summed E-state index contributed by atoms with van der Waals surface area (Å²) in [6.07, 6.45) is 1.15. The number of hydrogen-bond donors (Lipinski definition) is 2. The lowest BCUT2D eigenvalue weighted by atomic mass is 10.1. The lowest BCUT2D eigenvalue weighted by Gasteiger charge is -2.25. The van der Waals surface area contributed by atoms with Crippen LogP contribution in [0, 0.1) is 0 Å². The van der Waals surface area contributed by atoms with E-state index in [1.807, 2.05) is 30.8 Å². The Morgan fingerprint density at radius 1 is 1.42 bits per heavy atom. The third kappa shape index (κ3) is 3.56. The number of carbonyl (C=O) groups excluding carboxylic acids is 1. The molecule has 4 nitrogen and oxygen atoms in total. The Kier molecular flexibility index (Phi) is 4.96. The van der Waals surface area contributed by atoms with Crippen LogP contribution >= 0.6 is 11.8 Å². The van der Waals surface area contributed by atoms with Gasteiger partial charge in [-0.2, -0.15) is 11.8 Å². The van der Waals surface area contributed by atoms with E-state index in [9.17, 15) is 4.79 Å². The van der Waals surface area contributed by atoms with E-state index in [0.29, 0.717) is 12.2 Å². The van der Waals surface area contributed by atoms with Crippen molar-refractivity contribution < 1.29 is 4.79 Å². The third-order valence-corrected chi connectivity index (χ3v) is 4.22. The molecule has 1 fully saturated rings. The number of benzene rings is 1. The van der Waals surface area contributed by atoms with Crippen molar-refractivity contribution in [1.82, 2.24) is 5.32 Å². The lowest BCUT2D eigenvalue weighted by Crippen LogP contribution is -2.30. The van der Waals surface area contributed by atoms with Gasteiger partial charge in [-0.1, -0.05) is 0 Å². The van der Waals surface area contributed by atoms with Crippen LogP contribution in [-0.4, -0.2) is 37.0 Å². The summed E-state index contributed by atoms with van der Waals surface area (Å²) in [5.41, 5.74) is 8.28. The molecule has 1 aromatic carbocycles. The molecule has 1 aromatic rings. The van der Waals surface area contributed by atoms with Crippen LogP contribution in [-0.2, 0) is 0 Å². The van der Waals surface area contributed by atoms with Crippen LogP contribution in [0.5, 0.6) is 0 Å². The molecular formula is C14H21N3OS. The van der Waals surface area contributed by atoms with Gasteiger partial charge in [-0.15, -0.1) is 0 Å². The molecule has 0 aliphatic carbocycles. The molecule has 0 aromatic heterocycles. The van der Waals surface area contributed by atoms with Crippen LogP contribution in [0.3, 0.4) is 0 Å². The van der Waals surface area contributed by atoms with Crippen LogP contribution in [0.4, 0.5) is 11.4 Å². The van der Waals surface area contributed by atoms with E-state index in [-0.39, 0.29) is 5.91 Å². The maximum absolute atomic E-state index is 12.1. The summed E-state index contributed by atoms with van der Waals surface area (Å²) in [6, 6.07) is 5.54. The van der Waals surface area contributed by atoms with Crippen molar-refractivity contribution >= 4 is 29.0 Å². The van der Waals surface area contributed by atoms with Gasteiger partial charge in [0.1, 0.15) is 0 Å². The van der Waals surface area contributed by atoms with Gasteiger partial charge in [0.2, 0.25) is 0 Å². The zero-order valence-electron chi connectivity index (χ0n) is 11.3. The van der Waals surface area contributed by atoms with Crippen molar-refractivity contribution in [2.75, 3.05) is 41.8 Å². The van der Waals surface area contributed by atoms with Gasteiger partial charge in [0.15, 0.2) is 0 Å². The predicted molar refractivity (Wildman–Crippen MR) is 83.0 cm³/mol. The van der Waals surface area contributed by atoms with Crippen molar-refractivity contribution in [3.05, 3.63) is 23.8 Å². The minimum atomic E-state index is -0.0191. The zero-order chi connectivity index (χ0) is 13.7. The van der Waals surface area contributed by atoms with Gasteiger partial charge >= 0.3 is 0 Å². The number of nitrogens with two attached hydrogens (primary N) is 1. The van der Waals surface area contributed by atoms with E-state index >= 15 is 0 Å². The summed E-state index contributed by atoms with van der Waals surface area (Å²) < 4.78 is 0. The molecule has 0 unspecified atom stereocenters. The Hall–Kier alpha value is -1.36. The molecule has 0 spiro atoms. The highest BCUT2D eigenvalue weighted by atomic mass is 32.2. The maximum atomic E-state index is 12.1. The number of carbonyl (C=O) groups is 1. The second-order valence-corrected chi connectivity index (χ2v) is 5.81. The molecule has 1 aliphatic heterocycles. The summed E-state index contributed by atoms with van der Waals surface area (Å²) in [4.78, 5) is 14.4. The van der Waals surface area contributed by atoms with Gasteiger partial charge in [0.25, 0.3) is 5.91 Å². The van der Waals surface area contributed by atoms with E-state index in [0.717, 1.165) is 36.5 Å². The predicted octanol–water partition coefficient (Wildman–Crippen LogP) is 1.96. The third-order valence-electron chi connectivity index (χ3n) is 3.17. The van der Waals surface area contributed by atoms with Gasteiger partial charge in [-0.05, 0) is 37.3 Å². The molecular weight excluding hydrogens is 258 g/mol. The number of thioether (sulfide) groups is 1. The molecule has 1 aliphatic rings. The fraction of sp³-hybridized carbons (Fsp3) is 0.500. The number of rotatable bonds is 3. The Morgan fingerprint density at radius 2 is 2.26 bits per heavy atom. The first-order chi connectivity index (χ1) is 9.22. The fourth-order valence-electron chi connectivity index (χ4n) is 2.25. The average Bonchev–Trinajstić information content (AvgIpc) is 2.67. The maximum Gasteiger partial charge on any atom is 0.253 e. The zero-order valence-corrected chi connectivity index (χ0v) is 12.1. The topological polar surface area (TPSA) is 58.4 Å². The van der Waals surface area contributed by atoms with Crippen LogP contribution in [0.15, 0.2) is 18.2 Å². The van der Waals surface area contributed by atoms with Crippen LogP contribution in [0.1, 0.15) is 23.7 Å². The monoisotopic (exact) mass is 279 g/mol. The summed E-state index contributed by atoms with van der Waals surface area (Å²) >= 11 is 1.97. The van der Waals surface area contributed by atoms with Gasteiger partial charge in [-0.3, -0.25) is 4.79 Å². The molecule has 5 heteroatoms. The summed E-state index contributed by atoms with van der Waals surface area (Å²) in [6.45, 7) is 4.53. The van der Waals surface area contributed by atoms with Gasteiger partial charge < -0.3 is 16.0 Å². The number of anilines is 2. The minimum absolute atomic E-state index is 0.0191. The van der Waals surface area contributed by atoms with Gasteiger partial charge in [0.05, 0.1) is 11.3 Å². The van der Waals surface area contributed by atoms with E-state index < -0.39 is 0 Å². The number of amides is 1. The average molecular weight is 279 g/mol. The highest BCUT2D eigenvalue weighted by molar-refractivity contribution is 7.99. The van der Waals surface area contributed by atoms with E-state index in [4.69, 9.17) is 5.73 Å². The molecule has 3 N–H and O–H groups in total. The number of nitrogen functional groups attached to an aromatic ring is 1. The SMILES string of the molecule is CCNC(=O)c1ccc(N)cc1N1CCCSCC1. The molecule has 0 atom stereocenters. The summed E-state index contributed by atoms with van der Waals surface area (Å²) in [5, 5.41) is 2.86. The second kappa shape index (κ2) is 6.70. The van der Waals surface area contributed by atoms with Crippen molar-refractivity contribution in [3.8, 4) is 0 Å². The Labute approximate surface area is 118 Å². The molecule has 2 rings (SSSR count). The molecule has 0 saturated carbocycles. The molecule has 19 heavy (non-hydrogen) atoms. The van der Waals surface area contributed by atoms with Crippen LogP contribution in [0.25, 0.3) is 0 Å².